The number of nitrogens with zero attached hydrogens (tertiary/aromatic N) is 1. The molecule has 0 aliphatic carbocycles. The van der Waals surface area contributed by atoms with E-state index in [9.17, 15) is 4.79 Å². The minimum Gasteiger partial charge on any atom is -0.446 e. The highest BCUT2D eigenvalue weighted by Gasteiger charge is 2.43. The number of esters is 1. The van der Waals surface area contributed by atoms with Gasteiger partial charge in [0, 0.05) is 33.0 Å². The first-order valence-electron chi connectivity index (χ1n) is 8.72. The maximum absolute atomic E-state index is 11.5. The Kier molecular flexibility index (Phi) is 8.74. The number of halogens is 1. The minimum atomic E-state index is -0.362. The number of benzene rings is 1. The molecule has 136 valence electrons. The second-order valence-electron chi connectivity index (χ2n) is 6.20. The molecular weight excluding hydrogens is 326 g/mol. The number of rotatable bonds is 7. The van der Waals surface area contributed by atoms with Crippen LogP contribution in [0.25, 0.3) is 0 Å². The van der Waals surface area contributed by atoms with Gasteiger partial charge in [0.1, 0.15) is 0 Å². The normalized spacial score (nSPS) is 24.2. The van der Waals surface area contributed by atoms with Gasteiger partial charge >= 0.3 is 5.97 Å². The van der Waals surface area contributed by atoms with E-state index in [4.69, 9.17) is 9.47 Å². The topological polar surface area (TPSA) is 38.8 Å². The molecule has 1 aliphatic heterocycles. The van der Waals surface area contributed by atoms with Crippen LogP contribution in [0.3, 0.4) is 0 Å². The van der Waals surface area contributed by atoms with Crippen LogP contribution in [0, 0.1) is 0 Å². The Labute approximate surface area is 151 Å². The highest BCUT2D eigenvalue weighted by Crippen LogP contribution is 2.39. The summed E-state index contributed by atoms with van der Waals surface area (Å²) in [5.41, 5.74) is 0.813. The van der Waals surface area contributed by atoms with Gasteiger partial charge in [-0.05, 0) is 25.3 Å². The van der Waals surface area contributed by atoms with Gasteiger partial charge in [-0.25, -0.2) is 0 Å². The number of ether oxygens (including phenoxy) is 2. The van der Waals surface area contributed by atoms with Crippen LogP contribution < -0.4 is 0 Å². The molecule has 0 amide bonds. The van der Waals surface area contributed by atoms with E-state index in [1.165, 1.54) is 12.5 Å². The van der Waals surface area contributed by atoms with E-state index in [1.54, 1.807) is 0 Å². The molecule has 24 heavy (non-hydrogen) atoms. The van der Waals surface area contributed by atoms with E-state index in [1.807, 2.05) is 25.1 Å². The second-order valence-corrected chi connectivity index (χ2v) is 6.20. The maximum Gasteiger partial charge on any atom is 0.304 e. The molecule has 0 spiro atoms. The maximum atomic E-state index is 11.5. The van der Waals surface area contributed by atoms with Crippen molar-refractivity contribution >= 4 is 18.4 Å². The zero-order valence-corrected chi connectivity index (χ0v) is 15.8. The molecule has 1 aliphatic rings. The van der Waals surface area contributed by atoms with E-state index in [0.29, 0.717) is 13.0 Å². The van der Waals surface area contributed by atoms with Gasteiger partial charge < -0.3 is 9.47 Å². The largest absolute Gasteiger partial charge is 0.446 e. The number of hydrogen-bond acceptors (Lipinski definition) is 4. The van der Waals surface area contributed by atoms with Crippen LogP contribution in [0.4, 0.5) is 0 Å². The lowest BCUT2D eigenvalue weighted by atomic mass is 9.83. The van der Waals surface area contributed by atoms with Crippen molar-refractivity contribution in [2.24, 2.45) is 0 Å². The average Bonchev–Trinajstić information content (AvgIpc) is 2.55. The van der Waals surface area contributed by atoms with Crippen molar-refractivity contribution in [1.29, 1.82) is 0 Å². The summed E-state index contributed by atoms with van der Waals surface area (Å²) >= 11 is 0. The highest BCUT2D eigenvalue weighted by molar-refractivity contribution is 5.85. The van der Waals surface area contributed by atoms with Gasteiger partial charge in [-0.2, -0.15) is 0 Å². The van der Waals surface area contributed by atoms with Crippen LogP contribution in [0.1, 0.15) is 52.0 Å². The zero-order chi connectivity index (χ0) is 16.7. The molecule has 0 radical (unpaired) electrons. The molecule has 1 aromatic carbocycles. The second kappa shape index (κ2) is 10.0. The number of carbonyl (C=O) groups is 1. The zero-order valence-electron chi connectivity index (χ0n) is 15.0. The molecule has 0 bridgehead atoms. The minimum absolute atomic E-state index is 0. The smallest absolute Gasteiger partial charge is 0.304 e. The summed E-state index contributed by atoms with van der Waals surface area (Å²) in [6.45, 7) is 8.18. The summed E-state index contributed by atoms with van der Waals surface area (Å²) in [6, 6.07) is 10.3. The van der Waals surface area contributed by atoms with Gasteiger partial charge in [-0.15, -0.1) is 12.4 Å². The van der Waals surface area contributed by atoms with Crippen LogP contribution in [0.2, 0.25) is 0 Å². The quantitative estimate of drug-likeness (QED) is 0.689. The van der Waals surface area contributed by atoms with Crippen molar-refractivity contribution in [2.75, 3.05) is 19.7 Å². The van der Waals surface area contributed by atoms with Gasteiger partial charge in [0.25, 0.3) is 0 Å². The number of carbonyl (C=O) groups excluding carboxylic acids is 1. The molecule has 4 nitrogen and oxygen atoms in total. The molecular formula is C19H30ClNO3. The molecule has 0 aromatic heterocycles. The van der Waals surface area contributed by atoms with Crippen molar-refractivity contribution in [3.63, 3.8) is 0 Å². The fraction of sp³-hybridized carbons (Fsp3) is 0.632. The summed E-state index contributed by atoms with van der Waals surface area (Å²) in [7, 11) is 0. The third-order valence-corrected chi connectivity index (χ3v) is 4.54. The Morgan fingerprint density at radius 1 is 1.29 bits per heavy atom. The van der Waals surface area contributed by atoms with Crippen molar-refractivity contribution in [1.82, 2.24) is 4.90 Å². The molecule has 0 N–H and O–H groups in total. The molecule has 1 heterocycles. The van der Waals surface area contributed by atoms with Gasteiger partial charge in [0.2, 0.25) is 0 Å². The Balaban J connectivity index is 0.00000288. The fourth-order valence-corrected chi connectivity index (χ4v) is 3.40. The number of likely N-dealkylation sites (tertiary alicyclic amines) is 1. The lowest BCUT2D eigenvalue weighted by molar-refractivity contribution is -0.183. The van der Waals surface area contributed by atoms with Crippen LogP contribution in [0.15, 0.2) is 30.3 Å². The van der Waals surface area contributed by atoms with E-state index in [-0.39, 0.29) is 30.2 Å². The third-order valence-electron chi connectivity index (χ3n) is 4.54. The predicted molar refractivity (Wildman–Crippen MR) is 98.3 cm³/mol. The predicted octanol–water partition coefficient (Wildman–Crippen LogP) is 4.13. The van der Waals surface area contributed by atoms with Crippen molar-refractivity contribution in [3.8, 4) is 0 Å². The first kappa shape index (κ1) is 20.9. The van der Waals surface area contributed by atoms with E-state index >= 15 is 0 Å². The number of hydrogen-bond donors (Lipinski definition) is 0. The van der Waals surface area contributed by atoms with Crippen molar-refractivity contribution < 1.29 is 14.3 Å². The van der Waals surface area contributed by atoms with E-state index in [0.717, 1.165) is 32.4 Å². The lowest BCUT2D eigenvalue weighted by Crippen LogP contribution is -2.52. The summed E-state index contributed by atoms with van der Waals surface area (Å²) in [4.78, 5) is 13.8. The lowest BCUT2D eigenvalue weighted by Gasteiger charge is -2.46. The van der Waals surface area contributed by atoms with Gasteiger partial charge in [0.05, 0.1) is 5.60 Å². The molecule has 1 aromatic rings. The molecule has 5 heteroatoms. The number of piperidine rings is 1. The van der Waals surface area contributed by atoms with E-state index < -0.39 is 0 Å². The van der Waals surface area contributed by atoms with Gasteiger partial charge in [0.15, 0.2) is 6.23 Å². The third kappa shape index (κ3) is 5.20. The Bertz CT molecular complexity index is 497. The molecule has 2 unspecified atom stereocenters. The first-order valence-corrected chi connectivity index (χ1v) is 8.72. The Morgan fingerprint density at radius 2 is 2.00 bits per heavy atom. The fourth-order valence-electron chi connectivity index (χ4n) is 3.40. The Hall–Kier alpha value is -1.10. The highest BCUT2D eigenvalue weighted by atomic mass is 35.5. The average molecular weight is 356 g/mol. The molecule has 1 saturated heterocycles. The van der Waals surface area contributed by atoms with Gasteiger partial charge in [-0.3, -0.25) is 9.69 Å². The summed E-state index contributed by atoms with van der Waals surface area (Å²) in [5.74, 6) is -0.225. The summed E-state index contributed by atoms with van der Waals surface area (Å²) in [5, 5.41) is 0. The molecule has 1 fully saturated rings. The summed E-state index contributed by atoms with van der Waals surface area (Å²) < 4.78 is 11.8. The van der Waals surface area contributed by atoms with Gasteiger partial charge in [-0.1, -0.05) is 43.7 Å². The van der Waals surface area contributed by atoms with E-state index in [2.05, 4.69) is 24.0 Å². The SMILES string of the molecule is CCCCN1CCC(OCC)(c2ccccc2)CC1OC(C)=O.Cl. The summed E-state index contributed by atoms with van der Waals surface area (Å²) in [6.07, 6.45) is 3.66. The van der Waals surface area contributed by atoms with Crippen LogP contribution in [-0.4, -0.2) is 36.8 Å². The molecule has 2 rings (SSSR count). The van der Waals surface area contributed by atoms with Crippen molar-refractivity contribution in [3.05, 3.63) is 35.9 Å². The van der Waals surface area contributed by atoms with Crippen molar-refractivity contribution in [2.45, 2.75) is 58.3 Å². The Morgan fingerprint density at radius 3 is 2.58 bits per heavy atom. The molecule has 0 saturated carbocycles. The van der Waals surface area contributed by atoms with Crippen LogP contribution in [-0.2, 0) is 19.9 Å². The standard InChI is InChI=1S/C19H29NO3.ClH/c1-4-6-13-20-14-12-19(22-5-2,15-18(20)23-16(3)21)17-10-8-7-9-11-17;/h7-11,18H,4-6,12-15H2,1-3H3;1H. The first-order chi connectivity index (χ1) is 11.1. The van der Waals surface area contributed by atoms with Crippen LogP contribution in [0.5, 0.6) is 0 Å². The monoisotopic (exact) mass is 355 g/mol. The molecule has 2 atom stereocenters. The van der Waals surface area contributed by atoms with Crippen LogP contribution >= 0.6 is 12.4 Å². The number of unbranched alkanes of at least 4 members (excludes halogenated alkanes) is 1.